The lowest BCUT2D eigenvalue weighted by molar-refractivity contribution is -0.131. The van der Waals surface area contributed by atoms with Gasteiger partial charge in [0.15, 0.2) is 0 Å². The number of benzene rings is 2. The molecule has 0 radical (unpaired) electrons. The zero-order valence-electron chi connectivity index (χ0n) is 18.9. The van der Waals surface area contributed by atoms with Crippen molar-refractivity contribution in [1.29, 1.82) is 0 Å². The number of anilines is 1. The first-order chi connectivity index (χ1) is 15.6. The normalized spacial score (nSPS) is 17.3. The van der Waals surface area contributed by atoms with Crippen LogP contribution in [0.5, 0.6) is 5.75 Å². The van der Waals surface area contributed by atoms with Crippen molar-refractivity contribution in [2.24, 2.45) is 5.92 Å². The van der Waals surface area contributed by atoms with E-state index in [2.05, 4.69) is 4.90 Å². The molecule has 2 aromatic rings. The lowest BCUT2D eigenvalue weighted by Crippen LogP contribution is -2.47. The van der Waals surface area contributed by atoms with Crippen LogP contribution in [0.3, 0.4) is 0 Å². The Morgan fingerprint density at radius 1 is 0.938 bits per heavy atom. The highest BCUT2D eigenvalue weighted by molar-refractivity contribution is 6.08. The van der Waals surface area contributed by atoms with Crippen LogP contribution in [0, 0.1) is 5.92 Å². The molecule has 170 valence electrons. The molecule has 0 N–H and O–H groups in total. The van der Waals surface area contributed by atoms with Crippen LogP contribution >= 0.6 is 0 Å². The Morgan fingerprint density at radius 2 is 1.59 bits per heavy atom. The summed E-state index contributed by atoms with van der Waals surface area (Å²) in [5.74, 6) is 1.19. The zero-order valence-corrected chi connectivity index (χ0v) is 18.9. The van der Waals surface area contributed by atoms with Gasteiger partial charge in [-0.05, 0) is 81.1 Å². The molecule has 2 aliphatic heterocycles. The highest BCUT2D eigenvalue weighted by Crippen LogP contribution is 2.23. The molecule has 2 saturated heterocycles. The molecular formula is C26H33N3O3. The highest BCUT2D eigenvalue weighted by atomic mass is 16.5. The van der Waals surface area contributed by atoms with E-state index in [9.17, 15) is 9.59 Å². The molecule has 2 aliphatic rings. The molecule has 2 aromatic carbocycles. The van der Waals surface area contributed by atoms with Crippen LogP contribution in [0.15, 0.2) is 54.6 Å². The molecule has 0 atom stereocenters. The summed E-state index contributed by atoms with van der Waals surface area (Å²) >= 11 is 0. The number of piperidine rings is 1. The molecular weight excluding hydrogens is 402 g/mol. The molecule has 6 heteroatoms. The van der Waals surface area contributed by atoms with Gasteiger partial charge in [0.05, 0.1) is 7.11 Å². The average Bonchev–Trinajstić information content (AvgIpc) is 3.36. The third kappa shape index (κ3) is 5.49. The molecule has 2 amide bonds. The number of nitrogens with zero attached hydrogens (tertiary/aromatic N) is 3. The SMILES string of the molecule is COc1ccc(C(=O)N(CC(=O)N2CCC(CN3CCCC3)CC2)c2ccccc2)cc1. The Bertz CT molecular complexity index is 886. The van der Waals surface area contributed by atoms with Crippen molar-refractivity contribution >= 4 is 17.5 Å². The molecule has 0 unspecified atom stereocenters. The lowest BCUT2D eigenvalue weighted by atomic mass is 9.96. The third-order valence-corrected chi connectivity index (χ3v) is 6.63. The van der Waals surface area contributed by atoms with E-state index in [1.165, 1.54) is 25.9 Å². The van der Waals surface area contributed by atoms with Crippen LogP contribution in [0.1, 0.15) is 36.0 Å². The van der Waals surface area contributed by atoms with E-state index < -0.39 is 0 Å². The summed E-state index contributed by atoms with van der Waals surface area (Å²) in [6.07, 6.45) is 4.71. The van der Waals surface area contributed by atoms with Gasteiger partial charge in [0, 0.05) is 30.9 Å². The van der Waals surface area contributed by atoms with Crippen LogP contribution in [0.25, 0.3) is 0 Å². The van der Waals surface area contributed by atoms with E-state index in [4.69, 9.17) is 4.74 Å². The predicted octanol–water partition coefficient (Wildman–Crippen LogP) is 3.68. The number of hydrogen-bond donors (Lipinski definition) is 0. The van der Waals surface area contributed by atoms with Gasteiger partial charge in [0.1, 0.15) is 12.3 Å². The Kier molecular flexibility index (Phi) is 7.43. The third-order valence-electron chi connectivity index (χ3n) is 6.63. The smallest absolute Gasteiger partial charge is 0.258 e. The summed E-state index contributed by atoms with van der Waals surface area (Å²) in [7, 11) is 1.60. The molecule has 4 rings (SSSR count). The molecule has 0 saturated carbocycles. The topological polar surface area (TPSA) is 53.1 Å². The second kappa shape index (κ2) is 10.6. The van der Waals surface area contributed by atoms with Crippen molar-refractivity contribution < 1.29 is 14.3 Å². The fourth-order valence-electron chi connectivity index (χ4n) is 4.71. The van der Waals surface area contributed by atoms with E-state index in [-0.39, 0.29) is 18.4 Å². The van der Waals surface area contributed by atoms with Crippen molar-refractivity contribution in [2.45, 2.75) is 25.7 Å². The minimum absolute atomic E-state index is 0.00957. The summed E-state index contributed by atoms with van der Waals surface area (Å²) in [5, 5.41) is 0. The maximum Gasteiger partial charge on any atom is 0.258 e. The van der Waals surface area contributed by atoms with E-state index in [1.807, 2.05) is 35.2 Å². The van der Waals surface area contributed by atoms with Crippen LogP contribution in [-0.2, 0) is 4.79 Å². The van der Waals surface area contributed by atoms with Gasteiger partial charge in [0.2, 0.25) is 5.91 Å². The highest BCUT2D eigenvalue weighted by Gasteiger charge is 2.28. The van der Waals surface area contributed by atoms with Gasteiger partial charge in [-0.25, -0.2) is 0 Å². The second-order valence-electron chi connectivity index (χ2n) is 8.79. The number of ether oxygens (including phenoxy) is 1. The summed E-state index contributed by atoms with van der Waals surface area (Å²) in [6.45, 7) is 5.20. The summed E-state index contributed by atoms with van der Waals surface area (Å²) < 4.78 is 5.20. The maximum absolute atomic E-state index is 13.3. The second-order valence-corrected chi connectivity index (χ2v) is 8.79. The Hall–Kier alpha value is -2.86. The fourth-order valence-corrected chi connectivity index (χ4v) is 4.71. The largest absolute Gasteiger partial charge is 0.497 e. The molecule has 6 nitrogen and oxygen atoms in total. The van der Waals surface area contributed by atoms with Crippen LogP contribution < -0.4 is 9.64 Å². The van der Waals surface area contributed by atoms with Gasteiger partial charge in [0.25, 0.3) is 5.91 Å². The number of amides is 2. The minimum atomic E-state index is -0.184. The van der Waals surface area contributed by atoms with E-state index in [0.717, 1.165) is 38.2 Å². The first-order valence-corrected chi connectivity index (χ1v) is 11.6. The van der Waals surface area contributed by atoms with E-state index >= 15 is 0 Å². The van der Waals surface area contributed by atoms with Crippen LogP contribution in [-0.4, -0.2) is 68.0 Å². The molecule has 0 aromatic heterocycles. The van der Waals surface area contributed by atoms with Gasteiger partial charge in [-0.15, -0.1) is 0 Å². The number of carbonyl (C=O) groups excluding carboxylic acids is 2. The van der Waals surface area contributed by atoms with Gasteiger partial charge in [-0.2, -0.15) is 0 Å². The molecule has 0 bridgehead atoms. The Balaban J connectivity index is 1.40. The first-order valence-electron chi connectivity index (χ1n) is 11.6. The van der Waals surface area contributed by atoms with E-state index in [0.29, 0.717) is 17.2 Å². The molecule has 0 aliphatic carbocycles. The van der Waals surface area contributed by atoms with Crippen LogP contribution in [0.4, 0.5) is 5.69 Å². The van der Waals surface area contributed by atoms with Gasteiger partial charge >= 0.3 is 0 Å². The standard InChI is InChI=1S/C26H33N3O3/c1-32-24-11-9-22(10-12-24)26(31)29(23-7-3-2-4-8-23)20-25(30)28-17-13-21(14-18-28)19-27-15-5-6-16-27/h2-4,7-12,21H,5-6,13-20H2,1H3. The number of rotatable bonds is 7. The van der Waals surface area contributed by atoms with E-state index in [1.54, 1.807) is 36.3 Å². The van der Waals surface area contributed by atoms with Crippen molar-refractivity contribution in [3.8, 4) is 5.75 Å². The molecule has 32 heavy (non-hydrogen) atoms. The Morgan fingerprint density at radius 3 is 2.22 bits per heavy atom. The lowest BCUT2D eigenvalue weighted by Gasteiger charge is -2.35. The Labute approximate surface area is 190 Å². The summed E-state index contributed by atoms with van der Waals surface area (Å²) in [5.41, 5.74) is 1.26. The molecule has 0 spiro atoms. The molecule has 2 heterocycles. The number of para-hydroxylation sites is 1. The predicted molar refractivity (Wildman–Crippen MR) is 126 cm³/mol. The number of methoxy groups -OCH3 is 1. The maximum atomic E-state index is 13.3. The zero-order chi connectivity index (χ0) is 22.3. The summed E-state index contributed by atoms with van der Waals surface area (Å²) in [4.78, 5) is 32.6. The van der Waals surface area contributed by atoms with Crippen LogP contribution in [0.2, 0.25) is 0 Å². The quantitative estimate of drug-likeness (QED) is 0.666. The van der Waals surface area contributed by atoms with Gasteiger partial charge < -0.3 is 14.5 Å². The average molecular weight is 436 g/mol. The van der Waals surface area contributed by atoms with Crippen molar-refractivity contribution in [1.82, 2.24) is 9.80 Å². The van der Waals surface area contributed by atoms with Gasteiger partial charge in [-0.3, -0.25) is 14.5 Å². The van der Waals surface area contributed by atoms with Crippen molar-refractivity contribution in [3.63, 3.8) is 0 Å². The van der Waals surface area contributed by atoms with Gasteiger partial charge in [-0.1, -0.05) is 18.2 Å². The first kappa shape index (κ1) is 22.3. The molecule has 2 fully saturated rings. The number of hydrogen-bond acceptors (Lipinski definition) is 4. The van der Waals surface area contributed by atoms with Crippen molar-refractivity contribution in [3.05, 3.63) is 60.2 Å². The number of likely N-dealkylation sites (tertiary alicyclic amines) is 2. The van der Waals surface area contributed by atoms with Crippen molar-refractivity contribution in [2.75, 3.05) is 51.3 Å². The minimum Gasteiger partial charge on any atom is -0.497 e. The monoisotopic (exact) mass is 435 g/mol. The fraction of sp³-hybridized carbons (Fsp3) is 0.462. The number of carbonyl (C=O) groups is 2. The summed E-state index contributed by atoms with van der Waals surface area (Å²) in [6, 6.07) is 16.4.